The van der Waals surface area contributed by atoms with Gasteiger partial charge >= 0.3 is 6.18 Å². The van der Waals surface area contributed by atoms with E-state index in [1.807, 2.05) is 4.90 Å². The average Bonchev–Trinajstić information content (AvgIpc) is 2.45. The molecule has 0 spiro atoms. The first kappa shape index (κ1) is 17.0. The second kappa shape index (κ2) is 6.37. The molecule has 1 aliphatic heterocycles. The first-order valence-corrected chi connectivity index (χ1v) is 7.31. The molecule has 0 saturated carbocycles. The molecule has 1 saturated heterocycles. The van der Waals surface area contributed by atoms with Crippen molar-refractivity contribution in [1.29, 1.82) is 0 Å². The second-order valence-corrected chi connectivity index (χ2v) is 5.78. The van der Waals surface area contributed by atoms with E-state index in [9.17, 15) is 18.3 Å². The van der Waals surface area contributed by atoms with Crippen molar-refractivity contribution in [2.75, 3.05) is 31.1 Å². The summed E-state index contributed by atoms with van der Waals surface area (Å²) in [4.78, 5) is 11.4. The molecule has 0 radical (unpaired) electrons. The number of aromatic nitrogens is 2. The lowest BCUT2D eigenvalue weighted by Crippen LogP contribution is -2.50. The summed E-state index contributed by atoms with van der Waals surface area (Å²) in [7, 11) is 0. The van der Waals surface area contributed by atoms with E-state index < -0.39 is 18.1 Å². The fourth-order valence-electron chi connectivity index (χ4n) is 2.48. The molecule has 5 nitrogen and oxygen atoms in total. The Morgan fingerprint density at radius 1 is 1.14 bits per heavy atom. The van der Waals surface area contributed by atoms with Gasteiger partial charge in [-0.15, -0.1) is 0 Å². The average molecular weight is 318 g/mol. The maximum absolute atomic E-state index is 13.2. The molecule has 1 aliphatic rings. The summed E-state index contributed by atoms with van der Waals surface area (Å²) in [6.07, 6.45) is -3.77. The molecular formula is C14H21F3N4O. The molecule has 22 heavy (non-hydrogen) atoms. The van der Waals surface area contributed by atoms with Crippen LogP contribution in [0.4, 0.5) is 19.1 Å². The summed E-state index contributed by atoms with van der Waals surface area (Å²) in [5.74, 6) is -0.195. The summed E-state index contributed by atoms with van der Waals surface area (Å²) < 4.78 is 39.5. The van der Waals surface area contributed by atoms with Crippen LogP contribution < -0.4 is 4.90 Å². The molecule has 0 aliphatic carbocycles. The molecule has 0 bridgehead atoms. The van der Waals surface area contributed by atoms with Crippen LogP contribution in [0, 0.1) is 0 Å². The van der Waals surface area contributed by atoms with Crippen LogP contribution >= 0.6 is 0 Å². The predicted octanol–water partition coefficient (Wildman–Crippen LogP) is 2.08. The normalized spacial score (nSPS) is 18.8. The number of piperazine rings is 1. The van der Waals surface area contributed by atoms with E-state index in [2.05, 4.69) is 9.97 Å². The van der Waals surface area contributed by atoms with Gasteiger partial charge in [0.05, 0.1) is 0 Å². The minimum atomic E-state index is -4.49. The molecule has 0 amide bonds. The molecule has 2 heterocycles. The van der Waals surface area contributed by atoms with Crippen molar-refractivity contribution in [1.82, 2.24) is 14.9 Å². The van der Waals surface area contributed by atoms with Gasteiger partial charge in [-0.25, -0.2) is 9.97 Å². The third-order valence-corrected chi connectivity index (χ3v) is 3.82. The highest BCUT2D eigenvalue weighted by Crippen LogP contribution is 2.34. The minimum absolute atomic E-state index is 0.0990. The summed E-state index contributed by atoms with van der Waals surface area (Å²) in [6, 6.07) is 0. The molecule has 1 aromatic rings. The summed E-state index contributed by atoms with van der Waals surface area (Å²) in [6.45, 7) is 7.16. The van der Waals surface area contributed by atoms with Crippen LogP contribution in [0.5, 0.6) is 0 Å². The van der Waals surface area contributed by atoms with Crippen molar-refractivity contribution >= 4 is 5.95 Å². The van der Waals surface area contributed by atoms with E-state index in [4.69, 9.17) is 0 Å². The molecule has 1 unspecified atom stereocenters. The number of hydrogen-bond acceptors (Lipinski definition) is 5. The zero-order valence-corrected chi connectivity index (χ0v) is 12.9. The van der Waals surface area contributed by atoms with E-state index in [1.165, 1.54) is 6.20 Å². The van der Waals surface area contributed by atoms with Crippen LogP contribution in [-0.2, 0) is 6.18 Å². The van der Waals surface area contributed by atoms with Gasteiger partial charge in [0.15, 0.2) is 5.69 Å². The van der Waals surface area contributed by atoms with Gasteiger partial charge in [0.2, 0.25) is 5.95 Å². The van der Waals surface area contributed by atoms with Gasteiger partial charge in [0, 0.05) is 37.9 Å². The molecule has 124 valence electrons. The van der Waals surface area contributed by atoms with Crippen LogP contribution in [-0.4, -0.2) is 52.4 Å². The van der Waals surface area contributed by atoms with Gasteiger partial charge in [-0.2, -0.15) is 13.2 Å². The fourth-order valence-corrected chi connectivity index (χ4v) is 2.48. The van der Waals surface area contributed by atoms with E-state index in [0.717, 1.165) is 0 Å². The van der Waals surface area contributed by atoms with Crippen LogP contribution in [0.25, 0.3) is 0 Å². The van der Waals surface area contributed by atoms with Crippen LogP contribution in [0.2, 0.25) is 0 Å². The molecular weight excluding hydrogens is 297 g/mol. The Morgan fingerprint density at radius 2 is 1.73 bits per heavy atom. The van der Waals surface area contributed by atoms with Crippen molar-refractivity contribution in [3.63, 3.8) is 0 Å². The number of rotatable bonds is 3. The van der Waals surface area contributed by atoms with Crippen molar-refractivity contribution in [2.24, 2.45) is 0 Å². The zero-order chi connectivity index (χ0) is 16.5. The maximum Gasteiger partial charge on any atom is 0.433 e. The monoisotopic (exact) mass is 318 g/mol. The molecule has 1 fully saturated rings. The van der Waals surface area contributed by atoms with E-state index in [-0.39, 0.29) is 17.4 Å². The molecule has 1 atom stereocenters. The van der Waals surface area contributed by atoms with Crippen molar-refractivity contribution in [2.45, 2.75) is 39.1 Å². The summed E-state index contributed by atoms with van der Waals surface area (Å²) >= 11 is 0. The van der Waals surface area contributed by atoms with Crippen molar-refractivity contribution < 1.29 is 18.3 Å². The van der Waals surface area contributed by atoms with E-state index >= 15 is 0 Å². The zero-order valence-electron chi connectivity index (χ0n) is 12.9. The fraction of sp³-hybridized carbons (Fsp3) is 0.714. The lowest BCUT2D eigenvalue weighted by molar-refractivity contribution is -0.142. The third-order valence-electron chi connectivity index (χ3n) is 3.82. The van der Waals surface area contributed by atoms with Crippen LogP contribution in [0.15, 0.2) is 6.20 Å². The Labute approximate surface area is 127 Å². The Kier molecular flexibility index (Phi) is 4.91. The Balaban J connectivity index is 2.23. The Hall–Kier alpha value is -1.41. The predicted molar refractivity (Wildman–Crippen MR) is 76.6 cm³/mol. The Morgan fingerprint density at radius 3 is 2.18 bits per heavy atom. The van der Waals surface area contributed by atoms with Crippen LogP contribution in [0.1, 0.15) is 37.9 Å². The lowest BCUT2D eigenvalue weighted by Gasteiger charge is -2.36. The molecule has 1 aromatic heterocycles. The quantitative estimate of drug-likeness (QED) is 0.925. The topological polar surface area (TPSA) is 52.5 Å². The van der Waals surface area contributed by atoms with Crippen molar-refractivity contribution in [3.05, 3.63) is 17.5 Å². The molecule has 2 rings (SSSR count). The number of hydrogen-bond donors (Lipinski definition) is 1. The summed E-state index contributed by atoms with van der Waals surface area (Å²) in [5.41, 5.74) is -0.746. The number of aliphatic hydroxyl groups excluding tert-OH is 1. The first-order chi connectivity index (χ1) is 10.2. The number of nitrogens with zero attached hydrogens (tertiary/aromatic N) is 4. The highest BCUT2D eigenvalue weighted by molar-refractivity contribution is 5.36. The Bertz CT molecular complexity index is 511. The minimum Gasteiger partial charge on any atom is -0.379 e. The second-order valence-electron chi connectivity index (χ2n) is 5.78. The highest BCUT2D eigenvalue weighted by Gasteiger charge is 2.37. The molecule has 1 N–H and O–H groups in total. The smallest absolute Gasteiger partial charge is 0.379 e. The maximum atomic E-state index is 13.2. The largest absolute Gasteiger partial charge is 0.433 e. The van der Waals surface area contributed by atoms with Gasteiger partial charge in [-0.1, -0.05) is 13.8 Å². The highest BCUT2D eigenvalue weighted by atomic mass is 19.4. The molecule has 0 aromatic carbocycles. The van der Waals surface area contributed by atoms with Gasteiger partial charge in [-0.3, -0.25) is 4.90 Å². The van der Waals surface area contributed by atoms with Crippen molar-refractivity contribution in [3.8, 4) is 0 Å². The summed E-state index contributed by atoms with van der Waals surface area (Å²) in [5, 5.41) is 9.51. The standard InChI is InChI=1S/C14H21F3N4O/c1-9(2)11-8-18-13(19-12(11)14(15,16)17)21-6-4-20(5-7-21)10(3)22/h8-10,22H,4-7H2,1-3H3. The van der Waals surface area contributed by atoms with E-state index in [0.29, 0.717) is 26.2 Å². The first-order valence-electron chi connectivity index (χ1n) is 7.31. The third kappa shape index (κ3) is 3.67. The number of halogens is 3. The number of anilines is 1. The SMILES string of the molecule is CC(C)c1cnc(N2CCN(C(C)O)CC2)nc1C(F)(F)F. The van der Waals surface area contributed by atoms with Gasteiger partial charge in [-0.05, 0) is 12.8 Å². The molecule has 8 heteroatoms. The number of aliphatic hydroxyl groups is 1. The van der Waals surface area contributed by atoms with E-state index in [1.54, 1.807) is 25.7 Å². The lowest BCUT2D eigenvalue weighted by atomic mass is 10.0. The van der Waals surface area contributed by atoms with Gasteiger partial charge in [0.1, 0.15) is 6.23 Å². The van der Waals surface area contributed by atoms with Crippen LogP contribution in [0.3, 0.4) is 0 Å². The van der Waals surface area contributed by atoms with Gasteiger partial charge in [0.25, 0.3) is 0 Å². The van der Waals surface area contributed by atoms with Gasteiger partial charge < -0.3 is 10.0 Å². The number of alkyl halides is 3.